The Bertz CT molecular complexity index is 194. The molecule has 0 N–H and O–H groups in total. The van der Waals surface area contributed by atoms with Gasteiger partial charge in [0, 0.05) is 0 Å². The molecule has 0 aromatic heterocycles. The molecule has 0 amide bonds. The zero-order chi connectivity index (χ0) is 6.69. The van der Waals surface area contributed by atoms with Gasteiger partial charge in [-0.1, -0.05) is 13.0 Å². The average Bonchev–Trinajstić information content (AvgIpc) is 1.88. The van der Waals surface area contributed by atoms with Gasteiger partial charge in [-0.2, -0.15) is 24.6 Å². The molecular weight excluding hydrogens is 115 g/mol. The number of rotatable bonds is 1. The maximum atomic E-state index is 3.83. The first-order chi connectivity index (χ1) is 4.33. The Morgan fingerprint density at radius 1 is 1.40 bits per heavy atom. The quantitative estimate of drug-likeness (QED) is 0.349. The summed E-state index contributed by atoms with van der Waals surface area (Å²) >= 11 is 0. The number of hydrogen-bond donors (Lipinski definition) is 0. The molecule has 0 aliphatic rings. The van der Waals surface area contributed by atoms with E-state index in [-0.39, 0.29) is 18.9 Å². The molecule has 0 bridgehead atoms. The summed E-state index contributed by atoms with van der Waals surface area (Å²) in [6.07, 6.45) is 1.10. The molecule has 0 saturated carbocycles. The van der Waals surface area contributed by atoms with E-state index in [1.165, 1.54) is 5.56 Å². The van der Waals surface area contributed by atoms with Crippen molar-refractivity contribution < 1.29 is 18.9 Å². The van der Waals surface area contributed by atoms with E-state index in [9.17, 15) is 0 Å². The van der Waals surface area contributed by atoms with E-state index in [2.05, 4.69) is 26.0 Å². The molecule has 0 fully saturated rings. The first-order valence-corrected chi connectivity index (χ1v) is 3.24. The van der Waals surface area contributed by atoms with Gasteiger partial charge >= 0.3 is 18.9 Å². The van der Waals surface area contributed by atoms with Crippen LogP contribution < -0.4 is 18.9 Å². The SMILES string of the molecule is [CH2-]c1cccc(CC)c1.[Li+]. The topological polar surface area (TPSA) is 0 Å². The fourth-order valence-electron chi connectivity index (χ4n) is 0.850. The number of hydrogen-bond acceptors (Lipinski definition) is 0. The second-order valence-corrected chi connectivity index (χ2v) is 2.17. The fraction of sp³-hybridized carbons (Fsp3) is 0.222. The van der Waals surface area contributed by atoms with E-state index in [0.29, 0.717) is 0 Å². The van der Waals surface area contributed by atoms with Gasteiger partial charge in [-0.25, -0.2) is 0 Å². The molecule has 0 spiro atoms. The van der Waals surface area contributed by atoms with Crippen LogP contribution in [0.3, 0.4) is 0 Å². The summed E-state index contributed by atoms with van der Waals surface area (Å²) in [7, 11) is 0. The van der Waals surface area contributed by atoms with Gasteiger partial charge in [-0.3, -0.25) is 0 Å². The number of aryl methyl sites for hydroxylation is 1. The fourth-order valence-corrected chi connectivity index (χ4v) is 0.850. The molecule has 0 unspecified atom stereocenters. The van der Waals surface area contributed by atoms with E-state index in [1.807, 2.05) is 12.1 Å². The molecule has 0 aliphatic heterocycles. The van der Waals surface area contributed by atoms with Crippen molar-refractivity contribution in [3.8, 4) is 0 Å². The van der Waals surface area contributed by atoms with Crippen LogP contribution >= 0.6 is 0 Å². The third kappa shape index (κ3) is 2.52. The van der Waals surface area contributed by atoms with Gasteiger partial charge in [0.1, 0.15) is 0 Å². The minimum Gasteiger partial charge on any atom is -0.199 e. The molecule has 0 nitrogen and oxygen atoms in total. The van der Waals surface area contributed by atoms with E-state index in [4.69, 9.17) is 0 Å². The maximum Gasteiger partial charge on any atom is 1.00 e. The summed E-state index contributed by atoms with van der Waals surface area (Å²) in [5.41, 5.74) is 2.47. The molecule has 0 atom stereocenters. The predicted octanol–water partition coefficient (Wildman–Crippen LogP) is -0.565. The molecular formula is C9H11Li. The Labute approximate surface area is 74.8 Å². The third-order valence-corrected chi connectivity index (χ3v) is 1.40. The predicted molar refractivity (Wildman–Crippen MR) is 40.3 cm³/mol. The molecule has 0 saturated heterocycles. The maximum absolute atomic E-state index is 3.83. The number of benzene rings is 1. The Balaban J connectivity index is 0.000000810. The van der Waals surface area contributed by atoms with Crippen LogP contribution in [0, 0.1) is 6.92 Å². The first-order valence-electron chi connectivity index (χ1n) is 3.24. The summed E-state index contributed by atoms with van der Waals surface area (Å²) in [6, 6.07) is 8.29. The third-order valence-electron chi connectivity index (χ3n) is 1.40. The minimum absolute atomic E-state index is 0. The smallest absolute Gasteiger partial charge is 0.199 e. The van der Waals surface area contributed by atoms with Crippen molar-refractivity contribution >= 4 is 0 Å². The second kappa shape index (κ2) is 4.49. The summed E-state index contributed by atoms with van der Waals surface area (Å²) < 4.78 is 0. The van der Waals surface area contributed by atoms with Gasteiger partial charge < -0.3 is 0 Å². The average molecular weight is 126 g/mol. The second-order valence-electron chi connectivity index (χ2n) is 2.17. The molecule has 1 heteroatoms. The standard InChI is InChI=1S/C9H11.Li/c1-3-9-6-4-5-8(2)7-9;/h4-7H,2-3H2,1H3;/q-1;+1. The molecule has 48 valence electrons. The van der Waals surface area contributed by atoms with Crippen LogP contribution in [-0.2, 0) is 6.42 Å². The van der Waals surface area contributed by atoms with Crippen molar-refractivity contribution in [2.24, 2.45) is 0 Å². The Morgan fingerprint density at radius 3 is 2.50 bits per heavy atom. The zero-order valence-corrected chi connectivity index (χ0v) is 6.72. The van der Waals surface area contributed by atoms with Crippen LogP contribution in [0.2, 0.25) is 0 Å². The van der Waals surface area contributed by atoms with Gasteiger partial charge in [0.05, 0.1) is 0 Å². The van der Waals surface area contributed by atoms with E-state index in [0.717, 1.165) is 12.0 Å². The van der Waals surface area contributed by atoms with E-state index < -0.39 is 0 Å². The molecule has 0 radical (unpaired) electrons. The largest absolute Gasteiger partial charge is 1.00 e. The monoisotopic (exact) mass is 126 g/mol. The first kappa shape index (κ1) is 9.69. The van der Waals surface area contributed by atoms with Crippen molar-refractivity contribution in [1.82, 2.24) is 0 Å². The summed E-state index contributed by atoms with van der Waals surface area (Å²) in [5.74, 6) is 0. The molecule has 1 rings (SSSR count). The Kier molecular flexibility index (Phi) is 4.35. The minimum atomic E-state index is 0. The van der Waals surface area contributed by atoms with E-state index in [1.54, 1.807) is 0 Å². The molecule has 1 aromatic rings. The summed E-state index contributed by atoms with van der Waals surface area (Å²) in [6.45, 7) is 5.98. The van der Waals surface area contributed by atoms with Crippen LogP contribution in [0.5, 0.6) is 0 Å². The van der Waals surface area contributed by atoms with Crippen LogP contribution in [0.4, 0.5) is 0 Å². The summed E-state index contributed by atoms with van der Waals surface area (Å²) in [4.78, 5) is 0. The van der Waals surface area contributed by atoms with Crippen molar-refractivity contribution in [3.05, 3.63) is 42.3 Å². The molecule has 0 heterocycles. The molecule has 10 heavy (non-hydrogen) atoms. The van der Waals surface area contributed by atoms with Crippen LogP contribution in [0.25, 0.3) is 0 Å². The van der Waals surface area contributed by atoms with Gasteiger partial charge in [-0.05, 0) is 6.42 Å². The van der Waals surface area contributed by atoms with Crippen LogP contribution in [-0.4, -0.2) is 0 Å². The Morgan fingerprint density at radius 2 is 2.10 bits per heavy atom. The van der Waals surface area contributed by atoms with Crippen molar-refractivity contribution in [3.63, 3.8) is 0 Å². The normalized spacial score (nSPS) is 8.50. The van der Waals surface area contributed by atoms with Crippen LogP contribution in [0.1, 0.15) is 18.1 Å². The zero-order valence-electron chi connectivity index (χ0n) is 6.72. The van der Waals surface area contributed by atoms with E-state index >= 15 is 0 Å². The van der Waals surface area contributed by atoms with Crippen LogP contribution in [0.15, 0.2) is 24.3 Å². The van der Waals surface area contributed by atoms with Gasteiger partial charge in [-0.15, -0.1) is 11.6 Å². The van der Waals surface area contributed by atoms with Crippen molar-refractivity contribution in [2.75, 3.05) is 0 Å². The van der Waals surface area contributed by atoms with Crippen molar-refractivity contribution in [1.29, 1.82) is 0 Å². The van der Waals surface area contributed by atoms with Crippen molar-refractivity contribution in [2.45, 2.75) is 13.3 Å². The Hall–Kier alpha value is -0.313. The summed E-state index contributed by atoms with van der Waals surface area (Å²) in [5, 5.41) is 0. The van der Waals surface area contributed by atoms with Gasteiger partial charge in [0.25, 0.3) is 0 Å². The van der Waals surface area contributed by atoms with Gasteiger partial charge in [0.2, 0.25) is 0 Å². The molecule has 1 aromatic carbocycles. The van der Waals surface area contributed by atoms with Gasteiger partial charge in [0.15, 0.2) is 0 Å². The molecule has 0 aliphatic carbocycles.